The summed E-state index contributed by atoms with van der Waals surface area (Å²) in [6, 6.07) is 6.77. The number of hydrogen-bond donors (Lipinski definition) is 2. The summed E-state index contributed by atoms with van der Waals surface area (Å²) in [4.78, 5) is 0. The Kier molecular flexibility index (Phi) is 3.76. The Morgan fingerprint density at radius 1 is 1.27 bits per heavy atom. The van der Waals surface area contributed by atoms with Crippen LogP contribution in [0.3, 0.4) is 0 Å². The van der Waals surface area contributed by atoms with Crippen LogP contribution in [0, 0.1) is 11.8 Å². The molecule has 0 heterocycles. The molecule has 2 nitrogen and oxygen atoms in total. The number of rotatable bonds is 1. The highest BCUT2D eigenvalue weighted by molar-refractivity contribution is 6.30. The van der Waals surface area contributed by atoms with E-state index in [1.165, 1.54) is 0 Å². The van der Waals surface area contributed by atoms with Crippen molar-refractivity contribution in [1.82, 2.24) is 0 Å². The molecule has 1 aromatic rings. The van der Waals surface area contributed by atoms with E-state index < -0.39 is 11.7 Å². The molecule has 3 heteroatoms. The van der Waals surface area contributed by atoms with Crippen molar-refractivity contribution in [2.75, 3.05) is 0 Å². The smallest absolute Gasteiger partial charge is 0.140 e. The first kappa shape index (κ1) is 12.1. The average molecular weight is 225 g/mol. The molecule has 0 amide bonds. The first-order valence-electron chi connectivity index (χ1n) is 4.57. The lowest BCUT2D eigenvalue weighted by molar-refractivity contribution is 0.142. The maximum Gasteiger partial charge on any atom is 0.140 e. The van der Waals surface area contributed by atoms with Crippen molar-refractivity contribution in [3.8, 4) is 11.8 Å². The summed E-state index contributed by atoms with van der Waals surface area (Å²) in [5, 5.41) is 19.6. The normalized spacial score (nSPS) is 12.9. The van der Waals surface area contributed by atoms with Gasteiger partial charge in [-0.2, -0.15) is 0 Å². The summed E-state index contributed by atoms with van der Waals surface area (Å²) in [6.45, 7) is 3.13. The molecule has 0 aliphatic rings. The van der Waals surface area contributed by atoms with E-state index in [0.717, 1.165) is 0 Å². The quantitative estimate of drug-likeness (QED) is 0.718. The molecular weight excluding hydrogens is 212 g/mol. The predicted octanol–water partition coefficient (Wildman–Crippen LogP) is 2.15. The molecule has 0 saturated carbocycles. The molecule has 0 spiro atoms. The Morgan fingerprint density at radius 3 is 2.27 bits per heavy atom. The van der Waals surface area contributed by atoms with Crippen LogP contribution < -0.4 is 0 Å². The Morgan fingerprint density at radius 2 is 1.80 bits per heavy atom. The van der Waals surface area contributed by atoms with Gasteiger partial charge in [-0.15, -0.1) is 0 Å². The SMILES string of the molecule is CC(C)(O)C#C[C@@H](O)c1ccc(Cl)cc1. The minimum Gasteiger partial charge on any atom is -0.378 e. The largest absolute Gasteiger partial charge is 0.378 e. The first-order valence-corrected chi connectivity index (χ1v) is 4.95. The lowest BCUT2D eigenvalue weighted by atomic mass is 10.1. The lowest BCUT2D eigenvalue weighted by Crippen LogP contribution is -2.15. The van der Waals surface area contributed by atoms with E-state index in [4.69, 9.17) is 11.6 Å². The van der Waals surface area contributed by atoms with Crippen LogP contribution in [0.4, 0.5) is 0 Å². The van der Waals surface area contributed by atoms with Gasteiger partial charge in [0, 0.05) is 5.02 Å². The van der Waals surface area contributed by atoms with E-state index in [1.807, 2.05) is 0 Å². The van der Waals surface area contributed by atoms with Crippen LogP contribution in [0.2, 0.25) is 5.02 Å². The van der Waals surface area contributed by atoms with Gasteiger partial charge in [-0.25, -0.2) is 0 Å². The van der Waals surface area contributed by atoms with Crippen molar-refractivity contribution < 1.29 is 10.2 Å². The van der Waals surface area contributed by atoms with E-state index in [0.29, 0.717) is 10.6 Å². The molecule has 1 rings (SSSR count). The zero-order valence-electron chi connectivity index (χ0n) is 8.66. The molecule has 0 saturated heterocycles. The maximum absolute atomic E-state index is 9.65. The third-order valence-electron chi connectivity index (χ3n) is 1.70. The second-order valence-corrected chi connectivity index (χ2v) is 4.22. The fourth-order valence-electron chi connectivity index (χ4n) is 0.973. The number of halogens is 1. The van der Waals surface area contributed by atoms with Crippen LogP contribution in [0.1, 0.15) is 25.5 Å². The summed E-state index contributed by atoms with van der Waals surface area (Å²) in [6.07, 6.45) is -0.895. The molecule has 0 radical (unpaired) electrons. The Hall–Kier alpha value is -1.01. The van der Waals surface area contributed by atoms with E-state index in [9.17, 15) is 10.2 Å². The second kappa shape index (κ2) is 4.67. The van der Waals surface area contributed by atoms with Crippen LogP contribution in [-0.2, 0) is 0 Å². The minimum atomic E-state index is -1.09. The van der Waals surface area contributed by atoms with Gasteiger partial charge in [-0.05, 0) is 31.5 Å². The Labute approximate surface area is 94.5 Å². The third kappa shape index (κ3) is 4.35. The van der Waals surface area contributed by atoms with E-state index in [1.54, 1.807) is 38.1 Å². The second-order valence-electron chi connectivity index (χ2n) is 3.78. The molecule has 0 fully saturated rings. The van der Waals surface area contributed by atoms with Gasteiger partial charge >= 0.3 is 0 Å². The molecule has 1 atom stereocenters. The molecule has 80 valence electrons. The lowest BCUT2D eigenvalue weighted by Gasteiger charge is -2.08. The fraction of sp³-hybridized carbons (Fsp3) is 0.333. The zero-order valence-corrected chi connectivity index (χ0v) is 9.42. The molecule has 2 N–H and O–H groups in total. The topological polar surface area (TPSA) is 40.5 Å². The van der Waals surface area contributed by atoms with Crippen LogP contribution >= 0.6 is 11.6 Å². The van der Waals surface area contributed by atoms with Gasteiger partial charge in [0.1, 0.15) is 11.7 Å². The van der Waals surface area contributed by atoms with Crippen LogP contribution in [-0.4, -0.2) is 15.8 Å². The van der Waals surface area contributed by atoms with Gasteiger partial charge in [0.2, 0.25) is 0 Å². The Bertz CT molecular complexity index is 379. The zero-order chi connectivity index (χ0) is 11.5. The van der Waals surface area contributed by atoms with Crippen molar-refractivity contribution in [1.29, 1.82) is 0 Å². The summed E-state index contributed by atoms with van der Waals surface area (Å²) in [5.74, 6) is 5.13. The van der Waals surface area contributed by atoms with Crippen molar-refractivity contribution >= 4 is 11.6 Å². The predicted molar refractivity (Wildman–Crippen MR) is 60.5 cm³/mol. The van der Waals surface area contributed by atoms with Gasteiger partial charge in [-0.1, -0.05) is 35.6 Å². The molecule has 1 aromatic carbocycles. The molecule has 15 heavy (non-hydrogen) atoms. The summed E-state index contributed by atoms with van der Waals surface area (Å²) in [5.41, 5.74) is -0.427. The van der Waals surface area contributed by atoms with Gasteiger partial charge in [0.05, 0.1) is 0 Å². The fourth-order valence-corrected chi connectivity index (χ4v) is 1.10. The van der Waals surface area contributed by atoms with Crippen LogP contribution in [0.15, 0.2) is 24.3 Å². The molecule has 0 aliphatic heterocycles. The highest BCUT2D eigenvalue weighted by atomic mass is 35.5. The minimum absolute atomic E-state index is 0.612. The number of aliphatic hydroxyl groups is 2. The maximum atomic E-state index is 9.65. The van der Waals surface area contributed by atoms with Crippen LogP contribution in [0.25, 0.3) is 0 Å². The molecule has 0 aromatic heterocycles. The van der Waals surface area contributed by atoms with E-state index in [2.05, 4.69) is 11.8 Å². The van der Waals surface area contributed by atoms with Gasteiger partial charge in [0.15, 0.2) is 0 Å². The monoisotopic (exact) mass is 224 g/mol. The number of hydrogen-bond acceptors (Lipinski definition) is 2. The summed E-state index contributed by atoms with van der Waals surface area (Å²) < 4.78 is 0. The molecule has 0 unspecified atom stereocenters. The molecule has 0 aliphatic carbocycles. The van der Waals surface area contributed by atoms with Crippen molar-refractivity contribution in [3.63, 3.8) is 0 Å². The summed E-state index contributed by atoms with van der Waals surface area (Å²) >= 11 is 5.71. The third-order valence-corrected chi connectivity index (χ3v) is 1.95. The number of aliphatic hydroxyl groups excluding tert-OH is 1. The van der Waals surface area contributed by atoms with E-state index in [-0.39, 0.29) is 0 Å². The van der Waals surface area contributed by atoms with Gasteiger partial charge in [-0.3, -0.25) is 0 Å². The first-order chi connectivity index (χ1) is 6.88. The van der Waals surface area contributed by atoms with Gasteiger partial charge in [0.25, 0.3) is 0 Å². The van der Waals surface area contributed by atoms with Crippen molar-refractivity contribution in [2.24, 2.45) is 0 Å². The molecule has 0 bridgehead atoms. The van der Waals surface area contributed by atoms with Gasteiger partial charge < -0.3 is 10.2 Å². The van der Waals surface area contributed by atoms with Crippen molar-refractivity contribution in [3.05, 3.63) is 34.9 Å². The van der Waals surface area contributed by atoms with E-state index >= 15 is 0 Å². The summed E-state index contributed by atoms with van der Waals surface area (Å²) in [7, 11) is 0. The standard InChI is InChI=1S/C12H13ClO2/c1-12(2,15)8-7-11(14)9-3-5-10(13)6-4-9/h3-6,11,14-15H,1-2H3/t11-/m1/s1. The number of benzene rings is 1. The van der Waals surface area contributed by atoms with Crippen LogP contribution in [0.5, 0.6) is 0 Å². The Balaban J connectivity index is 2.80. The molecular formula is C12H13ClO2. The van der Waals surface area contributed by atoms with Crippen molar-refractivity contribution in [2.45, 2.75) is 25.6 Å². The highest BCUT2D eigenvalue weighted by Gasteiger charge is 2.08. The highest BCUT2D eigenvalue weighted by Crippen LogP contribution is 2.15. The average Bonchev–Trinajstić information content (AvgIpc) is 2.14.